The van der Waals surface area contributed by atoms with Crippen LogP contribution in [0.15, 0.2) is 72.8 Å². The first kappa shape index (κ1) is 24.1. The Hall–Kier alpha value is -4.07. The summed E-state index contributed by atoms with van der Waals surface area (Å²) in [5.74, 6) is -0.388. The molecule has 2 aromatic carbocycles. The highest BCUT2D eigenvalue weighted by atomic mass is 16.5. The maximum absolute atomic E-state index is 13.2. The van der Waals surface area contributed by atoms with E-state index in [1.807, 2.05) is 23.8 Å². The molecule has 0 saturated carbocycles. The van der Waals surface area contributed by atoms with Gasteiger partial charge in [-0.05, 0) is 42.7 Å². The fourth-order valence-corrected chi connectivity index (χ4v) is 4.22. The van der Waals surface area contributed by atoms with Crippen LogP contribution >= 0.6 is 0 Å². The minimum atomic E-state index is -0.742. The predicted molar refractivity (Wildman–Crippen MR) is 131 cm³/mol. The van der Waals surface area contributed by atoms with E-state index < -0.39 is 17.7 Å². The Bertz CT molecular complexity index is 1220. The van der Waals surface area contributed by atoms with Crippen LogP contribution in [-0.4, -0.2) is 51.5 Å². The molecule has 182 valence electrons. The second-order valence-electron chi connectivity index (χ2n) is 8.30. The first-order chi connectivity index (χ1) is 17.0. The van der Waals surface area contributed by atoms with Gasteiger partial charge >= 0.3 is 0 Å². The number of carbonyl (C=O) groups is 2. The number of amides is 1. The molecular formula is C27H29N3O5. The van der Waals surface area contributed by atoms with Gasteiger partial charge in [-0.2, -0.15) is 0 Å². The van der Waals surface area contributed by atoms with Crippen molar-refractivity contribution in [3.63, 3.8) is 0 Å². The molecule has 4 rings (SSSR count). The SMILES string of the molecule is CCCOc1cccc(/C(O)=C2\C(=O)C(=O)N(CCCn3ccnc3)C2c2cccc(OC)c2)c1. The van der Waals surface area contributed by atoms with Crippen LogP contribution < -0.4 is 9.47 Å². The highest BCUT2D eigenvalue weighted by Crippen LogP contribution is 2.40. The number of imidazole rings is 1. The standard InChI is InChI=1S/C27H29N3O5/c1-3-15-35-22-10-5-8-20(17-22)25(31)23-24(19-7-4-9-21(16-19)34-2)30(27(33)26(23)32)13-6-12-29-14-11-28-18-29/h4-5,7-11,14,16-18,24,31H,3,6,12-13,15H2,1-2H3/b25-23+. The molecule has 1 amide bonds. The van der Waals surface area contributed by atoms with E-state index in [4.69, 9.17) is 9.47 Å². The number of methoxy groups -OCH3 is 1. The molecular weight excluding hydrogens is 446 g/mol. The zero-order valence-electron chi connectivity index (χ0n) is 19.9. The molecule has 1 atom stereocenters. The lowest BCUT2D eigenvalue weighted by atomic mass is 9.95. The number of ketones is 1. The summed E-state index contributed by atoms with van der Waals surface area (Å²) in [5.41, 5.74) is 1.16. The van der Waals surface area contributed by atoms with Crippen molar-refractivity contribution in [1.29, 1.82) is 0 Å². The third-order valence-corrected chi connectivity index (χ3v) is 5.90. The zero-order valence-corrected chi connectivity index (χ0v) is 19.9. The van der Waals surface area contributed by atoms with Crippen molar-refractivity contribution >= 4 is 17.4 Å². The molecule has 3 aromatic rings. The first-order valence-corrected chi connectivity index (χ1v) is 11.6. The smallest absolute Gasteiger partial charge is 0.295 e. The molecule has 1 aromatic heterocycles. The van der Waals surface area contributed by atoms with Crippen LogP contribution in [-0.2, 0) is 16.1 Å². The lowest BCUT2D eigenvalue weighted by Gasteiger charge is -2.25. The van der Waals surface area contributed by atoms with Crippen molar-refractivity contribution in [2.24, 2.45) is 0 Å². The van der Waals surface area contributed by atoms with Gasteiger partial charge in [0.1, 0.15) is 17.3 Å². The van der Waals surface area contributed by atoms with Gasteiger partial charge in [0, 0.05) is 31.0 Å². The lowest BCUT2D eigenvalue weighted by Crippen LogP contribution is -2.31. The number of nitrogens with zero attached hydrogens (tertiary/aromatic N) is 3. The van der Waals surface area contributed by atoms with Crippen molar-refractivity contribution in [2.45, 2.75) is 32.4 Å². The Kier molecular flexibility index (Phi) is 7.50. The van der Waals surface area contributed by atoms with Crippen LogP contribution in [0.5, 0.6) is 11.5 Å². The number of benzene rings is 2. The van der Waals surface area contributed by atoms with Gasteiger partial charge in [0.25, 0.3) is 11.7 Å². The van der Waals surface area contributed by atoms with Crippen molar-refractivity contribution in [3.8, 4) is 11.5 Å². The van der Waals surface area contributed by atoms with E-state index >= 15 is 0 Å². The van der Waals surface area contributed by atoms with Crippen molar-refractivity contribution in [1.82, 2.24) is 14.5 Å². The highest BCUT2D eigenvalue weighted by Gasteiger charge is 2.45. The maximum Gasteiger partial charge on any atom is 0.295 e. The molecule has 8 heteroatoms. The van der Waals surface area contributed by atoms with Gasteiger partial charge < -0.3 is 24.0 Å². The number of hydrogen-bond donors (Lipinski definition) is 1. The summed E-state index contributed by atoms with van der Waals surface area (Å²) < 4.78 is 13.0. The van der Waals surface area contributed by atoms with Crippen molar-refractivity contribution in [3.05, 3.63) is 84.0 Å². The second kappa shape index (κ2) is 10.9. The Labute approximate surface area is 204 Å². The number of ether oxygens (including phenoxy) is 2. The van der Waals surface area contributed by atoms with E-state index in [1.54, 1.807) is 62.1 Å². The van der Waals surface area contributed by atoms with Gasteiger partial charge in [0.05, 0.1) is 31.7 Å². The van der Waals surface area contributed by atoms with E-state index in [9.17, 15) is 14.7 Å². The number of aliphatic hydroxyl groups excluding tert-OH is 1. The molecule has 1 unspecified atom stereocenters. The van der Waals surface area contributed by atoms with Crippen LogP contribution in [0.4, 0.5) is 0 Å². The van der Waals surface area contributed by atoms with Crippen LogP contribution in [0.3, 0.4) is 0 Å². The Morgan fingerprint density at radius 2 is 1.89 bits per heavy atom. The lowest BCUT2D eigenvalue weighted by molar-refractivity contribution is -0.139. The number of aryl methyl sites for hydroxylation is 1. The molecule has 35 heavy (non-hydrogen) atoms. The fraction of sp³-hybridized carbons (Fsp3) is 0.296. The molecule has 1 saturated heterocycles. The average Bonchev–Trinajstić information content (AvgIpc) is 3.49. The third kappa shape index (κ3) is 5.21. The van der Waals surface area contributed by atoms with Gasteiger partial charge in [0.15, 0.2) is 0 Å². The number of Topliss-reactive ketones (excluding diaryl/α,β-unsaturated/α-hetero) is 1. The molecule has 2 heterocycles. The number of likely N-dealkylation sites (tertiary alicyclic amines) is 1. The fourth-order valence-electron chi connectivity index (χ4n) is 4.22. The summed E-state index contributed by atoms with van der Waals surface area (Å²) in [6.07, 6.45) is 6.71. The summed E-state index contributed by atoms with van der Waals surface area (Å²) >= 11 is 0. The Morgan fingerprint density at radius 1 is 1.09 bits per heavy atom. The highest BCUT2D eigenvalue weighted by molar-refractivity contribution is 6.46. The minimum Gasteiger partial charge on any atom is -0.507 e. The van der Waals surface area contributed by atoms with E-state index in [-0.39, 0.29) is 11.3 Å². The molecule has 1 aliphatic heterocycles. The molecule has 0 spiro atoms. The summed E-state index contributed by atoms with van der Waals surface area (Å²) in [6, 6.07) is 13.4. The number of aliphatic hydroxyl groups is 1. The topological polar surface area (TPSA) is 93.9 Å². The molecule has 1 aliphatic rings. The zero-order chi connectivity index (χ0) is 24.8. The Morgan fingerprint density at radius 3 is 2.63 bits per heavy atom. The first-order valence-electron chi connectivity index (χ1n) is 11.6. The summed E-state index contributed by atoms with van der Waals surface area (Å²) in [6.45, 7) is 3.52. The molecule has 1 fully saturated rings. The van der Waals surface area contributed by atoms with Crippen molar-refractivity contribution < 1.29 is 24.2 Å². The molecule has 0 bridgehead atoms. The predicted octanol–water partition coefficient (Wildman–Crippen LogP) is 4.19. The van der Waals surface area contributed by atoms with E-state index in [0.717, 1.165) is 6.42 Å². The molecule has 8 nitrogen and oxygen atoms in total. The van der Waals surface area contributed by atoms with Crippen LogP contribution in [0.1, 0.15) is 36.9 Å². The summed E-state index contributed by atoms with van der Waals surface area (Å²) in [5, 5.41) is 11.3. The van der Waals surface area contributed by atoms with E-state index in [1.165, 1.54) is 4.90 Å². The van der Waals surface area contributed by atoms with Crippen molar-refractivity contribution in [2.75, 3.05) is 20.3 Å². The minimum absolute atomic E-state index is 0.0542. The van der Waals surface area contributed by atoms with E-state index in [0.29, 0.717) is 48.7 Å². The maximum atomic E-state index is 13.2. The average molecular weight is 476 g/mol. The summed E-state index contributed by atoms with van der Waals surface area (Å²) in [7, 11) is 1.56. The van der Waals surface area contributed by atoms with Gasteiger partial charge in [-0.25, -0.2) is 4.98 Å². The number of aromatic nitrogens is 2. The summed E-state index contributed by atoms with van der Waals surface area (Å²) in [4.78, 5) is 31.9. The molecule has 1 N–H and O–H groups in total. The van der Waals surface area contributed by atoms with Crippen LogP contribution in [0, 0.1) is 0 Å². The molecule has 0 aliphatic carbocycles. The largest absolute Gasteiger partial charge is 0.507 e. The van der Waals surface area contributed by atoms with Crippen LogP contribution in [0.2, 0.25) is 0 Å². The van der Waals surface area contributed by atoms with Gasteiger partial charge in [-0.15, -0.1) is 0 Å². The van der Waals surface area contributed by atoms with Gasteiger partial charge in [0.2, 0.25) is 0 Å². The van der Waals surface area contributed by atoms with Gasteiger partial charge in [-0.1, -0.05) is 31.2 Å². The number of rotatable bonds is 10. The second-order valence-corrected chi connectivity index (χ2v) is 8.30. The number of carbonyl (C=O) groups excluding carboxylic acids is 2. The third-order valence-electron chi connectivity index (χ3n) is 5.90. The molecule has 0 radical (unpaired) electrons. The van der Waals surface area contributed by atoms with Crippen LogP contribution in [0.25, 0.3) is 5.76 Å². The monoisotopic (exact) mass is 475 g/mol. The Balaban J connectivity index is 1.73. The van der Waals surface area contributed by atoms with Gasteiger partial charge in [-0.3, -0.25) is 9.59 Å². The quantitative estimate of drug-likeness (QED) is 0.268. The number of hydrogen-bond acceptors (Lipinski definition) is 6. The normalized spacial score (nSPS) is 17.1. The van der Waals surface area contributed by atoms with E-state index in [2.05, 4.69) is 4.98 Å².